The number of rotatable bonds is 3. The van der Waals surface area contributed by atoms with Gasteiger partial charge in [0.2, 0.25) is 0 Å². The van der Waals surface area contributed by atoms with Crippen LogP contribution in [0.2, 0.25) is 0 Å². The number of para-hydroxylation sites is 1. The molecular weight excluding hydrogens is 641 g/mol. The zero-order valence-corrected chi connectivity index (χ0v) is 27.6. The number of hydrogen-bond donors (Lipinski definition) is 0. The lowest BCUT2D eigenvalue weighted by Gasteiger charge is -2.07. The lowest BCUT2D eigenvalue weighted by atomic mass is 9.97. The van der Waals surface area contributed by atoms with Gasteiger partial charge in [-0.3, -0.25) is 0 Å². The zero-order chi connectivity index (χ0) is 33.9. The average molecular weight is 667 g/mol. The molecule has 8 aromatic carbocycles. The minimum atomic E-state index is 0.775. The van der Waals surface area contributed by atoms with Crippen molar-refractivity contribution in [2.24, 2.45) is 0 Å². The van der Waals surface area contributed by atoms with Crippen molar-refractivity contribution in [1.29, 1.82) is 0 Å². The first-order chi connectivity index (χ1) is 25.7. The third-order valence-electron chi connectivity index (χ3n) is 10.7. The van der Waals surface area contributed by atoms with E-state index in [4.69, 9.17) is 17.7 Å². The lowest BCUT2D eigenvalue weighted by molar-refractivity contribution is 0.633. The van der Waals surface area contributed by atoms with Crippen LogP contribution in [0, 0.1) is 0 Å². The molecular formula is C48H26O4. The molecule has 12 aromatic rings. The summed E-state index contributed by atoms with van der Waals surface area (Å²) in [5, 5.41) is 8.50. The molecule has 0 aliphatic heterocycles. The Hall–Kier alpha value is -7.04. The molecule has 52 heavy (non-hydrogen) atoms. The molecule has 0 saturated heterocycles. The van der Waals surface area contributed by atoms with Crippen molar-refractivity contribution in [3.05, 3.63) is 158 Å². The summed E-state index contributed by atoms with van der Waals surface area (Å²) in [5.74, 6) is 0. The van der Waals surface area contributed by atoms with Crippen LogP contribution in [0.3, 0.4) is 0 Å². The van der Waals surface area contributed by atoms with Gasteiger partial charge in [0.05, 0.1) is 5.39 Å². The van der Waals surface area contributed by atoms with Crippen LogP contribution in [0.1, 0.15) is 0 Å². The highest BCUT2D eigenvalue weighted by atomic mass is 16.4. The van der Waals surface area contributed by atoms with Crippen LogP contribution in [-0.2, 0) is 0 Å². The third kappa shape index (κ3) is 3.92. The van der Waals surface area contributed by atoms with Crippen molar-refractivity contribution in [3.63, 3.8) is 0 Å². The van der Waals surface area contributed by atoms with E-state index in [-0.39, 0.29) is 0 Å². The van der Waals surface area contributed by atoms with Crippen molar-refractivity contribution < 1.29 is 17.7 Å². The fourth-order valence-corrected chi connectivity index (χ4v) is 8.16. The maximum Gasteiger partial charge on any atom is 0.178 e. The van der Waals surface area contributed by atoms with Crippen LogP contribution in [-0.4, -0.2) is 0 Å². The van der Waals surface area contributed by atoms with Gasteiger partial charge in [0.1, 0.15) is 33.5 Å². The normalized spacial score (nSPS) is 12.2. The lowest BCUT2D eigenvalue weighted by Crippen LogP contribution is -1.82. The van der Waals surface area contributed by atoms with Crippen molar-refractivity contribution in [2.45, 2.75) is 0 Å². The molecule has 0 bridgehead atoms. The molecule has 4 aromatic heterocycles. The van der Waals surface area contributed by atoms with Gasteiger partial charge in [-0.25, -0.2) is 0 Å². The van der Waals surface area contributed by atoms with Gasteiger partial charge >= 0.3 is 0 Å². The Morgan fingerprint density at radius 2 is 0.673 bits per heavy atom. The van der Waals surface area contributed by atoms with E-state index in [2.05, 4.69) is 133 Å². The molecule has 0 fully saturated rings. The van der Waals surface area contributed by atoms with Gasteiger partial charge in [-0.2, -0.15) is 0 Å². The Morgan fingerprint density at radius 3 is 1.31 bits per heavy atom. The van der Waals surface area contributed by atoms with E-state index in [1.807, 2.05) is 24.3 Å². The monoisotopic (exact) mass is 666 g/mol. The second-order valence-corrected chi connectivity index (χ2v) is 13.6. The highest BCUT2D eigenvalue weighted by Crippen LogP contribution is 2.43. The quantitative estimate of drug-likeness (QED) is 0.188. The largest absolute Gasteiger partial charge is 0.456 e. The highest BCUT2D eigenvalue weighted by molar-refractivity contribution is 6.22. The predicted molar refractivity (Wildman–Crippen MR) is 212 cm³/mol. The third-order valence-corrected chi connectivity index (χ3v) is 10.7. The summed E-state index contributed by atoms with van der Waals surface area (Å²) >= 11 is 0. The molecule has 0 saturated carbocycles. The van der Waals surface area contributed by atoms with E-state index in [9.17, 15) is 0 Å². The fourth-order valence-electron chi connectivity index (χ4n) is 8.16. The van der Waals surface area contributed by atoms with Gasteiger partial charge in [0.15, 0.2) is 11.2 Å². The van der Waals surface area contributed by atoms with Crippen LogP contribution in [0.4, 0.5) is 0 Å². The van der Waals surface area contributed by atoms with E-state index >= 15 is 0 Å². The first-order valence-electron chi connectivity index (χ1n) is 17.5. The maximum atomic E-state index is 6.50. The first-order valence-corrected chi connectivity index (χ1v) is 17.5. The van der Waals surface area contributed by atoms with E-state index in [1.165, 1.54) is 5.56 Å². The second-order valence-electron chi connectivity index (χ2n) is 13.6. The minimum Gasteiger partial charge on any atom is -0.456 e. The Bertz CT molecular complexity index is 3410. The van der Waals surface area contributed by atoms with Gasteiger partial charge in [-0.05, 0) is 106 Å². The number of furan rings is 4. The topological polar surface area (TPSA) is 52.6 Å². The summed E-state index contributed by atoms with van der Waals surface area (Å²) in [5.41, 5.74) is 13.5. The molecule has 0 radical (unpaired) electrons. The van der Waals surface area contributed by atoms with Crippen LogP contribution in [0.25, 0.3) is 121 Å². The number of fused-ring (bicyclic) bond motifs is 14. The summed E-state index contributed by atoms with van der Waals surface area (Å²) in [6, 6.07) is 55.1. The molecule has 0 unspecified atom stereocenters. The Labute approximate surface area is 295 Å². The second kappa shape index (κ2) is 10.3. The fraction of sp³-hybridized carbons (Fsp3) is 0. The molecule has 0 N–H and O–H groups in total. The van der Waals surface area contributed by atoms with Gasteiger partial charge < -0.3 is 17.7 Å². The summed E-state index contributed by atoms with van der Waals surface area (Å²) in [6.07, 6.45) is 0. The average Bonchev–Trinajstić information content (AvgIpc) is 3.97. The molecule has 0 aliphatic carbocycles. The van der Waals surface area contributed by atoms with Crippen LogP contribution < -0.4 is 0 Å². The Kier molecular flexibility index (Phi) is 5.47. The molecule has 0 aliphatic rings. The highest BCUT2D eigenvalue weighted by Gasteiger charge is 2.19. The number of benzene rings is 8. The molecule has 4 heteroatoms. The molecule has 0 amide bonds. The van der Waals surface area contributed by atoms with Crippen LogP contribution in [0.15, 0.2) is 175 Å². The van der Waals surface area contributed by atoms with E-state index in [1.54, 1.807) is 0 Å². The molecule has 0 spiro atoms. The van der Waals surface area contributed by atoms with Crippen molar-refractivity contribution in [3.8, 4) is 33.4 Å². The molecule has 12 rings (SSSR count). The van der Waals surface area contributed by atoms with Gasteiger partial charge in [-0.1, -0.05) is 84.9 Å². The smallest absolute Gasteiger partial charge is 0.178 e. The molecule has 4 heterocycles. The first kappa shape index (κ1) is 27.7. The Balaban J connectivity index is 0.952. The predicted octanol–water partition coefficient (Wildman–Crippen LogP) is 14.3. The Morgan fingerprint density at radius 1 is 0.231 bits per heavy atom. The zero-order valence-electron chi connectivity index (χ0n) is 27.6. The van der Waals surface area contributed by atoms with Crippen LogP contribution in [0.5, 0.6) is 0 Å². The van der Waals surface area contributed by atoms with Crippen molar-refractivity contribution >= 4 is 87.8 Å². The van der Waals surface area contributed by atoms with E-state index in [0.717, 1.165) is 116 Å². The summed E-state index contributed by atoms with van der Waals surface area (Å²) < 4.78 is 25.6. The van der Waals surface area contributed by atoms with Crippen molar-refractivity contribution in [1.82, 2.24) is 0 Å². The molecule has 0 atom stereocenters. The summed E-state index contributed by atoms with van der Waals surface area (Å²) in [6.45, 7) is 0. The minimum absolute atomic E-state index is 0.775. The summed E-state index contributed by atoms with van der Waals surface area (Å²) in [4.78, 5) is 0. The van der Waals surface area contributed by atoms with Gasteiger partial charge in [0.25, 0.3) is 0 Å². The van der Waals surface area contributed by atoms with E-state index < -0.39 is 0 Å². The standard InChI is InChI=1S/C48H26O4/c1-2-7-27(8-3-1)30-13-19-42-38(24-30)34-16-17-35-39-26-32(15-21-43(39)52-48(35)47(34)51-42)29-10-6-9-28(23-29)31-14-20-41-37(25-31)33-18-22-44-45(46(33)50-41)36-11-4-5-12-40(36)49-44/h1-26H. The van der Waals surface area contributed by atoms with E-state index in [0.29, 0.717) is 0 Å². The maximum absolute atomic E-state index is 6.50. The summed E-state index contributed by atoms with van der Waals surface area (Å²) in [7, 11) is 0. The number of hydrogen-bond acceptors (Lipinski definition) is 4. The van der Waals surface area contributed by atoms with Crippen molar-refractivity contribution in [2.75, 3.05) is 0 Å². The SMILES string of the molecule is c1ccc(-c2ccc3oc4c(ccc5c6cc(-c7cccc(-c8ccc9oc%10c(ccc%11oc%12ccccc%12c%11%10)c9c8)c7)ccc6oc54)c3c2)cc1. The van der Waals surface area contributed by atoms with Gasteiger partial charge in [0, 0.05) is 37.7 Å². The molecule has 4 nitrogen and oxygen atoms in total. The molecule has 242 valence electrons. The van der Waals surface area contributed by atoms with Crippen LogP contribution >= 0.6 is 0 Å². The van der Waals surface area contributed by atoms with Gasteiger partial charge in [-0.15, -0.1) is 0 Å².